The maximum atomic E-state index is 10.5. The molecule has 0 unspecified atom stereocenters. The molecule has 0 aromatic rings. The summed E-state index contributed by atoms with van der Waals surface area (Å²) in [5, 5.41) is 12.0. The Morgan fingerprint density at radius 2 is 1.86 bits per heavy atom. The van der Waals surface area contributed by atoms with Gasteiger partial charge in [-0.1, -0.05) is 6.92 Å². The maximum Gasteiger partial charge on any atom is 0.303 e. The Kier molecular flexibility index (Phi) is 4.94. The summed E-state index contributed by atoms with van der Waals surface area (Å²) in [5.41, 5.74) is 0. The lowest BCUT2D eigenvalue weighted by molar-refractivity contribution is -0.138. The van der Waals surface area contributed by atoms with Gasteiger partial charge in [-0.3, -0.25) is 4.79 Å². The minimum atomic E-state index is -0.639. The molecule has 1 saturated carbocycles. The minimum Gasteiger partial charge on any atom is -0.481 e. The highest BCUT2D eigenvalue weighted by Crippen LogP contribution is 2.30. The molecule has 0 radical (unpaired) electrons. The summed E-state index contributed by atoms with van der Waals surface area (Å²) in [6.07, 6.45) is 4.97. The summed E-state index contributed by atoms with van der Waals surface area (Å²) in [6.45, 7) is 4.27. The van der Waals surface area contributed by atoms with Gasteiger partial charge >= 0.3 is 5.97 Å². The van der Waals surface area contributed by atoms with Crippen LogP contribution >= 0.6 is 0 Å². The largest absolute Gasteiger partial charge is 0.481 e. The van der Waals surface area contributed by atoms with Crippen LogP contribution in [0, 0.1) is 11.8 Å². The van der Waals surface area contributed by atoms with Crippen molar-refractivity contribution in [2.45, 2.75) is 39.0 Å². The molecule has 2 N–H and O–H groups in total. The Morgan fingerprint density at radius 3 is 2.36 bits per heavy atom. The Labute approximate surface area is 85.9 Å². The van der Waals surface area contributed by atoms with Crippen LogP contribution < -0.4 is 5.32 Å². The van der Waals surface area contributed by atoms with Crippen LogP contribution in [0.1, 0.15) is 39.0 Å². The first-order valence-corrected chi connectivity index (χ1v) is 5.64. The number of nitrogens with one attached hydrogen (secondary N) is 1. The first-order chi connectivity index (χ1) is 6.72. The summed E-state index contributed by atoms with van der Waals surface area (Å²) >= 11 is 0. The fourth-order valence-electron chi connectivity index (χ4n) is 2.24. The molecule has 14 heavy (non-hydrogen) atoms. The predicted molar refractivity (Wildman–Crippen MR) is 56.2 cm³/mol. The molecule has 0 spiro atoms. The van der Waals surface area contributed by atoms with Gasteiger partial charge in [0.15, 0.2) is 0 Å². The molecule has 82 valence electrons. The third-order valence-corrected chi connectivity index (χ3v) is 3.11. The van der Waals surface area contributed by atoms with E-state index in [0.29, 0.717) is 12.3 Å². The molecule has 0 aromatic heterocycles. The first-order valence-electron chi connectivity index (χ1n) is 5.64. The molecule has 1 aliphatic rings. The first kappa shape index (κ1) is 11.5. The van der Waals surface area contributed by atoms with Crippen LogP contribution in [0.3, 0.4) is 0 Å². The molecule has 1 fully saturated rings. The van der Waals surface area contributed by atoms with Crippen LogP contribution in [-0.4, -0.2) is 24.2 Å². The lowest BCUT2D eigenvalue weighted by Crippen LogP contribution is -2.26. The number of hydrogen-bond acceptors (Lipinski definition) is 2. The van der Waals surface area contributed by atoms with Crippen molar-refractivity contribution in [3.8, 4) is 0 Å². The summed E-state index contributed by atoms with van der Waals surface area (Å²) < 4.78 is 0. The van der Waals surface area contributed by atoms with Crippen LogP contribution in [0.4, 0.5) is 0 Å². The fraction of sp³-hybridized carbons (Fsp3) is 0.909. The highest BCUT2D eigenvalue weighted by molar-refractivity contribution is 5.67. The van der Waals surface area contributed by atoms with Crippen LogP contribution in [0.15, 0.2) is 0 Å². The van der Waals surface area contributed by atoms with Gasteiger partial charge in [0.1, 0.15) is 0 Å². The Hall–Kier alpha value is -0.570. The second kappa shape index (κ2) is 6.02. The number of carbonyl (C=O) groups is 1. The van der Waals surface area contributed by atoms with Gasteiger partial charge in [-0.25, -0.2) is 0 Å². The zero-order valence-electron chi connectivity index (χ0n) is 8.96. The average Bonchev–Trinajstić information content (AvgIpc) is 2.16. The number of aliphatic carboxylic acids is 1. The van der Waals surface area contributed by atoms with E-state index in [1.165, 1.54) is 12.8 Å². The van der Waals surface area contributed by atoms with E-state index in [-0.39, 0.29) is 0 Å². The standard InChI is InChI=1S/C11H21NO2/c1-2-12-8-10-5-3-9(4-6-10)7-11(13)14/h9-10,12H,2-8H2,1H3,(H,13,14)/t9-,10-. The van der Waals surface area contributed by atoms with Crippen LogP contribution in [-0.2, 0) is 4.79 Å². The smallest absolute Gasteiger partial charge is 0.303 e. The van der Waals surface area contributed by atoms with Gasteiger partial charge < -0.3 is 10.4 Å². The molecule has 1 aliphatic carbocycles. The molecule has 1 rings (SSSR count). The number of rotatable bonds is 5. The van der Waals surface area contributed by atoms with E-state index in [1.54, 1.807) is 0 Å². The molecule has 0 heterocycles. The van der Waals surface area contributed by atoms with Gasteiger partial charge in [0.25, 0.3) is 0 Å². The van der Waals surface area contributed by atoms with Crippen molar-refractivity contribution in [1.29, 1.82) is 0 Å². The third-order valence-electron chi connectivity index (χ3n) is 3.11. The molecular formula is C11H21NO2. The second-order valence-electron chi connectivity index (χ2n) is 4.29. The maximum absolute atomic E-state index is 10.5. The lowest BCUT2D eigenvalue weighted by Gasteiger charge is -2.27. The Balaban J connectivity index is 2.14. The van der Waals surface area contributed by atoms with Gasteiger partial charge in [0.2, 0.25) is 0 Å². The van der Waals surface area contributed by atoms with Crippen molar-refractivity contribution in [2.75, 3.05) is 13.1 Å². The van der Waals surface area contributed by atoms with E-state index in [4.69, 9.17) is 5.11 Å². The zero-order valence-corrected chi connectivity index (χ0v) is 8.96. The number of hydrogen-bond donors (Lipinski definition) is 2. The molecule has 3 nitrogen and oxygen atoms in total. The van der Waals surface area contributed by atoms with Gasteiger partial charge in [0.05, 0.1) is 0 Å². The number of carboxylic acids is 1. The number of carboxylic acid groups (broad SMARTS) is 1. The molecule has 3 heteroatoms. The molecule has 0 atom stereocenters. The topological polar surface area (TPSA) is 49.3 Å². The van der Waals surface area contributed by atoms with E-state index in [9.17, 15) is 4.79 Å². The van der Waals surface area contributed by atoms with Gasteiger partial charge in [0, 0.05) is 6.42 Å². The molecule has 0 aromatic carbocycles. The summed E-state index contributed by atoms with van der Waals surface area (Å²) in [6, 6.07) is 0. The molecule has 0 saturated heterocycles. The Morgan fingerprint density at radius 1 is 1.29 bits per heavy atom. The SMILES string of the molecule is CCNC[C@H]1CC[C@H](CC(=O)O)CC1. The van der Waals surface area contributed by atoms with Gasteiger partial charge in [-0.15, -0.1) is 0 Å². The normalized spacial score (nSPS) is 27.5. The molecular weight excluding hydrogens is 178 g/mol. The van der Waals surface area contributed by atoms with Gasteiger partial charge in [-0.2, -0.15) is 0 Å². The van der Waals surface area contributed by atoms with Crippen molar-refractivity contribution in [3.63, 3.8) is 0 Å². The van der Waals surface area contributed by atoms with Crippen LogP contribution in [0.2, 0.25) is 0 Å². The fourth-order valence-corrected chi connectivity index (χ4v) is 2.24. The van der Waals surface area contributed by atoms with Crippen molar-refractivity contribution < 1.29 is 9.90 Å². The van der Waals surface area contributed by atoms with Gasteiger partial charge in [-0.05, 0) is 50.6 Å². The summed E-state index contributed by atoms with van der Waals surface area (Å²) in [7, 11) is 0. The Bertz CT molecular complexity index is 174. The summed E-state index contributed by atoms with van der Waals surface area (Å²) in [4.78, 5) is 10.5. The molecule has 0 aliphatic heterocycles. The third kappa shape index (κ3) is 4.09. The van der Waals surface area contributed by atoms with Crippen molar-refractivity contribution >= 4 is 5.97 Å². The van der Waals surface area contributed by atoms with E-state index in [0.717, 1.165) is 31.8 Å². The quantitative estimate of drug-likeness (QED) is 0.710. The van der Waals surface area contributed by atoms with Crippen molar-refractivity contribution in [3.05, 3.63) is 0 Å². The van der Waals surface area contributed by atoms with E-state index in [1.807, 2.05) is 0 Å². The van der Waals surface area contributed by atoms with E-state index in [2.05, 4.69) is 12.2 Å². The predicted octanol–water partition coefficient (Wildman–Crippen LogP) is 1.88. The van der Waals surface area contributed by atoms with E-state index < -0.39 is 5.97 Å². The van der Waals surface area contributed by atoms with Crippen LogP contribution in [0.25, 0.3) is 0 Å². The zero-order chi connectivity index (χ0) is 10.4. The molecule has 0 amide bonds. The monoisotopic (exact) mass is 199 g/mol. The van der Waals surface area contributed by atoms with Crippen LogP contribution in [0.5, 0.6) is 0 Å². The highest BCUT2D eigenvalue weighted by atomic mass is 16.4. The summed E-state index contributed by atoms with van der Waals surface area (Å²) in [5.74, 6) is 0.575. The van der Waals surface area contributed by atoms with Crippen molar-refractivity contribution in [1.82, 2.24) is 5.32 Å². The molecule has 0 bridgehead atoms. The highest BCUT2D eigenvalue weighted by Gasteiger charge is 2.22. The second-order valence-corrected chi connectivity index (χ2v) is 4.29. The average molecular weight is 199 g/mol. The minimum absolute atomic E-state index is 0.369. The van der Waals surface area contributed by atoms with Crippen molar-refractivity contribution in [2.24, 2.45) is 11.8 Å². The van der Waals surface area contributed by atoms with E-state index >= 15 is 0 Å². The lowest BCUT2D eigenvalue weighted by atomic mass is 9.80.